The maximum absolute atomic E-state index is 11.6. The zero-order chi connectivity index (χ0) is 26.9. The van der Waals surface area contributed by atoms with Gasteiger partial charge in [-0.05, 0) is 16.7 Å². The van der Waals surface area contributed by atoms with Gasteiger partial charge in [0.15, 0.2) is 6.29 Å². The molecule has 2 aliphatic heterocycles. The van der Waals surface area contributed by atoms with E-state index in [-0.39, 0.29) is 30.5 Å². The van der Waals surface area contributed by atoms with Crippen LogP contribution in [0.25, 0.3) is 0 Å². The summed E-state index contributed by atoms with van der Waals surface area (Å²) in [7, 11) is 0. The quantitative estimate of drug-likeness (QED) is 0.307. The van der Waals surface area contributed by atoms with Crippen LogP contribution in [0.2, 0.25) is 0 Å². The fourth-order valence-corrected chi connectivity index (χ4v) is 5.22. The first-order chi connectivity index (χ1) is 19.2. The highest BCUT2D eigenvalue weighted by atomic mass is 16.7. The van der Waals surface area contributed by atoms with Crippen molar-refractivity contribution in [2.45, 2.75) is 51.3 Å². The Morgan fingerprint density at radius 2 is 1.28 bits per heavy atom. The lowest BCUT2D eigenvalue weighted by Gasteiger charge is -2.44. The Morgan fingerprint density at radius 1 is 0.744 bits per heavy atom. The van der Waals surface area contributed by atoms with Crippen LogP contribution in [-0.2, 0) is 53.0 Å². The van der Waals surface area contributed by atoms with Crippen molar-refractivity contribution in [3.63, 3.8) is 0 Å². The summed E-state index contributed by atoms with van der Waals surface area (Å²) in [5.41, 5.74) is 3.21. The van der Waals surface area contributed by atoms with Crippen molar-refractivity contribution in [3.05, 3.63) is 108 Å². The molecule has 2 fully saturated rings. The fourth-order valence-electron chi connectivity index (χ4n) is 5.22. The zero-order valence-electron chi connectivity index (χ0n) is 22.2. The first-order valence-corrected chi connectivity index (χ1v) is 13.5. The largest absolute Gasteiger partial charge is 0.465 e. The number of ether oxygens (including phenoxy) is 6. The van der Waals surface area contributed by atoms with Crippen LogP contribution < -0.4 is 0 Å². The Balaban J connectivity index is 1.37. The second-order valence-corrected chi connectivity index (χ2v) is 10.0. The van der Waals surface area contributed by atoms with Crippen LogP contribution in [-0.4, -0.2) is 50.4 Å². The third kappa shape index (κ3) is 7.53. The SMILES string of the molecule is CC(=O)OCC1CO[C@H]2O[C@H](COCc3ccccc3)[C@@H](OCc3ccccc3)[C@H](OCc3ccccc3)[C@@H]12. The minimum atomic E-state index is -0.506. The average Bonchev–Trinajstić information content (AvgIpc) is 3.38. The van der Waals surface area contributed by atoms with E-state index in [2.05, 4.69) is 0 Å². The van der Waals surface area contributed by atoms with Crippen LogP contribution in [0, 0.1) is 11.8 Å². The summed E-state index contributed by atoms with van der Waals surface area (Å²) < 4.78 is 37.3. The van der Waals surface area contributed by atoms with Crippen molar-refractivity contribution in [1.82, 2.24) is 0 Å². The fraction of sp³-hybridized carbons (Fsp3) is 0.406. The van der Waals surface area contributed by atoms with Gasteiger partial charge in [-0.2, -0.15) is 0 Å². The molecule has 0 amide bonds. The molecule has 0 aromatic heterocycles. The third-order valence-electron chi connectivity index (χ3n) is 7.18. The number of benzene rings is 3. The van der Waals surface area contributed by atoms with Gasteiger partial charge in [-0.25, -0.2) is 0 Å². The monoisotopic (exact) mass is 532 g/mol. The summed E-state index contributed by atoms with van der Waals surface area (Å²) in [4.78, 5) is 11.6. The van der Waals surface area contributed by atoms with Gasteiger partial charge >= 0.3 is 5.97 Å². The Hall–Kier alpha value is -3.07. The summed E-state index contributed by atoms with van der Waals surface area (Å²) >= 11 is 0. The topological polar surface area (TPSA) is 72.5 Å². The highest BCUT2D eigenvalue weighted by Crippen LogP contribution is 2.41. The first kappa shape index (κ1) is 27.5. The van der Waals surface area contributed by atoms with Gasteiger partial charge < -0.3 is 28.4 Å². The van der Waals surface area contributed by atoms with E-state index in [1.54, 1.807) is 0 Å². The molecule has 0 bridgehead atoms. The standard InChI is InChI=1S/C32H36O7/c1-23(33)35-20-27-21-38-32-29(27)31(37-19-26-15-9-4-10-16-26)30(36-18-25-13-7-3-8-14-25)28(39-32)22-34-17-24-11-5-2-6-12-24/h2-16,27-32H,17-22H2,1H3/t27?,28-,29-,30-,31-,32+/m1/s1. The molecule has 39 heavy (non-hydrogen) atoms. The second kappa shape index (κ2) is 13.8. The Morgan fingerprint density at radius 3 is 1.85 bits per heavy atom. The van der Waals surface area contributed by atoms with Gasteiger partial charge in [0.2, 0.25) is 0 Å². The van der Waals surface area contributed by atoms with E-state index in [9.17, 15) is 4.79 Å². The normalized spacial score (nSPS) is 26.2. The van der Waals surface area contributed by atoms with Crippen LogP contribution >= 0.6 is 0 Å². The van der Waals surface area contributed by atoms with Crippen LogP contribution in [0.5, 0.6) is 0 Å². The van der Waals surface area contributed by atoms with Gasteiger partial charge in [0, 0.05) is 18.8 Å². The minimum Gasteiger partial charge on any atom is -0.465 e. The summed E-state index contributed by atoms with van der Waals surface area (Å²) in [6.45, 7) is 3.68. The first-order valence-electron chi connectivity index (χ1n) is 13.5. The molecular formula is C32H36O7. The Bertz CT molecular complexity index is 1140. The molecule has 0 N–H and O–H groups in total. The highest BCUT2D eigenvalue weighted by molar-refractivity contribution is 5.65. The van der Waals surface area contributed by atoms with E-state index >= 15 is 0 Å². The van der Waals surface area contributed by atoms with Crippen LogP contribution in [0.15, 0.2) is 91.0 Å². The summed E-state index contributed by atoms with van der Waals surface area (Å²) in [5.74, 6) is -0.561. The summed E-state index contributed by atoms with van der Waals surface area (Å²) in [6.07, 6.45) is -1.70. The van der Waals surface area contributed by atoms with Gasteiger partial charge in [-0.1, -0.05) is 91.0 Å². The van der Waals surface area contributed by atoms with Crippen molar-refractivity contribution < 1.29 is 33.2 Å². The molecule has 7 nitrogen and oxygen atoms in total. The van der Waals surface area contributed by atoms with E-state index < -0.39 is 18.5 Å². The molecule has 206 valence electrons. The lowest BCUT2D eigenvalue weighted by atomic mass is 9.83. The number of carbonyl (C=O) groups excluding carboxylic acids is 1. The lowest BCUT2D eigenvalue weighted by Crippen LogP contribution is -2.58. The van der Waals surface area contributed by atoms with Crippen LogP contribution in [0.4, 0.5) is 0 Å². The second-order valence-electron chi connectivity index (χ2n) is 10.0. The molecular weight excluding hydrogens is 496 g/mol. The van der Waals surface area contributed by atoms with Crippen LogP contribution in [0.3, 0.4) is 0 Å². The molecule has 2 heterocycles. The molecule has 3 aromatic rings. The molecule has 6 atom stereocenters. The number of esters is 1. The molecule has 7 heteroatoms. The van der Waals surface area contributed by atoms with E-state index in [1.807, 2.05) is 91.0 Å². The van der Waals surface area contributed by atoms with Crippen molar-refractivity contribution >= 4 is 5.97 Å². The Kier molecular flexibility index (Phi) is 9.75. The predicted octanol–water partition coefficient (Wildman–Crippen LogP) is 4.92. The van der Waals surface area contributed by atoms with Crippen molar-refractivity contribution in [2.75, 3.05) is 19.8 Å². The number of fused-ring (bicyclic) bond motifs is 1. The number of carbonyl (C=O) groups is 1. The molecule has 3 aromatic carbocycles. The van der Waals surface area contributed by atoms with E-state index in [4.69, 9.17) is 28.4 Å². The van der Waals surface area contributed by atoms with Gasteiger partial charge in [-0.3, -0.25) is 4.79 Å². The van der Waals surface area contributed by atoms with Crippen LogP contribution in [0.1, 0.15) is 23.6 Å². The molecule has 2 saturated heterocycles. The van der Waals surface area contributed by atoms with Crippen molar-refractivity contribution in [2.24, 2.45) is 11.8 Å². The third-order valence-corrected chi connectivity index (χ3v) is 7.18. The average molecular weight is 533 g/mol. The minimum absolute atomic E-state index is 0.0753. The molecule has 0 aliphatic carbocycles. The summed E-state index contributed by atoms with van der Waals surface area (Å²) in [5, 5.41) is 0. The predicted molar refractivity (Wildman–Crippen MR) is 144 cm³/mol. The van der Waals surface area contributed by atoms with Gasteiger partial charge in [0.05, 0.1) is 45.7 Å². The van der Waals surface area contributed by atoms with E-state index in [0.29, 0.717) is 33.0 Å². The number of hydrogen-bond donors (Lipinski definition) is 0. The van der Waals surface area contributed by atoms with Crippen molar-refractivity contribution in [1.29, 1.82) is 0 Å². The Labute approximate surface area is 229 Å². The number of hydrogen-bond acceptors (Lipinski definition) is 7. The van der Waals surface area contributed by atoms with Gasteiger partial charge in [-0.15, -0.1) is 0 Å². The maximum atomic E-state index is 11.6. The molecule has 5 rings (SSSR count). The summed E-state index contributed by atoms with van der Waals surface area (Å²) in [6, 6.07) is 30.2. The van der Waals surface area contributed by atoms with E-state index in [0.717, 1.165) is 16.7 Å². The van der Waals surface area contributed by atoms with Crippen molar-refractivity contribution in [3.8, 4) is 0 Å². The number of rotatable bonds is 12. The molecule has 0 saturated carbocycles. The van der Waals surface area contributed by atoms with Gasteiger partial charge in [0.1, 0.15) is 12.2 Å². The van der Waals surface area contributed by atoms with Gasteiger partial charge in [0.25, 0.3) is 0 Å². The lowest BCUT2D eigenvalue weighted by molar-refractivity contribution is -0.285. The maximum Gasteiger partial charge on any atom is 0.302 e. The highest BCUT2D eigenvalue weighted by Gasteiger charge is 2.54. The molecule has 0 spiro atoms. The zero-order valence-corrected chi connectivity index (χ0v) is 22.2. The smallest absolute Gasteiger partial charge is 0.302 e. The van der Waals surface area contributed by atoms with E-state index in [1.165, 1.54) is 6.92 Å². The molecule has 1 unspecified atom stereocenters. The molecule has 2 aliphatic rings. The molecule has 0 radical (unpaired) electrons.